The van der Waals surface area contributed by atoms with E-state index in [0.717, 1.165) is 17.0 Å². The lowest BCUT2D eigenvalue weighted by molar-refractivity contribution is 0.0938. The molecule has 3 rings (SSSR count). The lowest BCUT2D eigenvalue weighted by Crippen LogP contribution is -2.40. The highest BCUT2D eigenvalue weighted by atomic mass is 19.1. The summed E-state index contributed by atoms with van der Waals surface area (Å²) in [6.45, 7) is 8.64. The number of furan rings is 1. The molecule has 0 aromatic carbocycles. The number of halogens is 1. The van der Waals surface area contributed by atoms with Gasteiger partial charge in [-0.25, -0.2) is 4.39 Å². The van der Waals surface area contributed by atoms with Crippen LogP contribution in [0.2, 0.25) is 0 Å². The molecular formula is C18H24FN3O3. The van der Waals surface area contributed by atoms with Crippen molar-refractivity contribution in [2.24, 2.45) is 0 Å². The Balaban J connectivity index is 1.64. The molecule has 1 fully saturated rings. The van der Waals surface area contributed by atoms with Crippen LogP contribution in [-0.2, 0) is 6.54 Å². The highest BCUT2D eigenvalue weighted by molar-refractivity contribution is 5.95. The van der Waals surface area contributed by atoms with E-state index in [9.17, 15) is 9.18 Å². The molecule has 3 heterocycles. The van der Waals surface area contributed by atoms with Gasteiger partial charge < -0.3 is 14.3 Å². The number of hydrogen-bond donors (Lipinski definition) is 1. The maximum Gasteiger partial charge on any atom is 0.254 e. The second-order valence-electron chi connectivity index (χ2n) is 6.76. The van der Waals surface area contributed by atoms with Gasteiger partial charge in [-0.15, -0.1) is 0 Å². The molecule has 136 valence electrons. The van der Waals surface area contributed by atoms with Crippen molar-refractivity contribution in [3.8, 4) is 0 Å². The molecule has 0 spiro atoms. The molecule has 1 N–H and O–H groups in total. The normalized spacial score (nSPS) is 21.0. The number of aryl methyl sites for hydroxylation is 4. The van der Waals surface area contributed by atoms with Gasteiger partial charge in [-0.1, -0.05) is 5.16 Å². The third kappa shape index (κ3) is 3.76. The molecule has 0 unspecified atom stereocenters. The van der Waals surface area contributed by atoms with Gasteiger partial charge in [-0.2, -0.15) is 0 Å². The Kier molecular flexibility index (Phi) is 4.94. The molecule has 2 aromatic rings. The minimum absolute atomic E-state index is 0.0547. The third-order valence-corrected chi connectivity index (χ3v) is 4.80. The second-order valence-corrected chi connectivity index (χ2v) is 6.76. The fourth-order valence-electron chi connectivity index (χ4n) is 3.42. The summed E-state index contributed by atoms with van der Waals surface area (Å²) >= 11 is 0. The molecule has 0 bridgehead atoms. The summed E-state index contributed by atoms with van der Waals surface area (Å²) in [6.07, 6.45) is -0.479. The molecule has 1 amide bonds. The first kappa shape index (κ1) is 17.7. The molecule has 25 heavy (non-hydrogen) atoms. The average molecular weight is 349 g/mol. The largest absolute Gasteiger partial charge is 0.466 e. The van der Waals surface area contributed by atoms with Crippen molar-refractivity contribution in [1.82, 2.24) is 15.4 Å². The smallest absolute Gasteiger partial charge is 0.254 e. The molecule has 6 nitrogen and oxygen atoms in total. The number of alkyl halides is 1. The van der Waals surface area contributed by atoms with Crippen LogP contribution in [0.5, 0.6) is 0 Å². The molecule has 1 aliphatic rings. The van der Waals surface area contributed by atoms with E-state index in [1.807, 2.05) is 18.7 Å². The predicted octanol–water partition coefficient (Wildman–Crippen LogP) is 2.84. The number of rotatable bonds is 5. The number of amides is 1. The minimum Gasteiger partial charge on any atom is -0.466 e. The van der Waals surface area contributed by atoms with Crippen molar-refractivity contribution in [1.29, 1.82) is 0 Å². The van der Waals surface area contributed by atoms with Gasteiger partial charge in [-0.3, -0.25) is 9.69 Å². The highest BCUT2D eigenvalue weighted by Crippen LogP contribution is 2.25. The molecule has 0 saturated carbocycles. The summed E-state index contributed by atoms with van der Waals surface area (Å²) in [6, 6.07) is 1.67. The molecule has 7 heteroatoms. The number of carbonyl (C=O) groups is 1. The molecule has 1 aliphatic heterocycles. The van der Waals surface area contributed by atoms with Crippen LogP contribution in [0.3, 0.4) is 0 Å². The van der Waals surface area contributed by atoms with Crippen molar-refractivity contribution < 1.29 is 18.1 Å². The number of hydrogen-bond acceptors (Lipinski definition) is 5. The summed E-state index contributed by atoms with van der Waals surface area (Å²) in [5.41, 5.74) is 2.35. The lowest BCUT2D eigenvalue weighted by atomic mass is 10.1. The molecule has 0 aliphatic carbocycles. The van der Waals surface area contributed by atoms with Crippen molar-refractivity contribution in [3.05, 3.63) is 40.2 Å². The fourth-order valence-corrected chi connectivity index (χ4v) is 3.42. The molecule has 2 atom stereocenters. The lowest BCUT2D eigenvalue weighted by Gasteiger charge is -2.24. The number of aromatic nitrogens is 1. The summed E-state index contributed by atoms with van der Waals surface area (Å²) in [7, 11) is 0. The van der Waals surface area contributed by atoms with Crippen LogP contribution in [0.4, 0.5) is 4.39 Å². The molecule has 2 aromatic heterocycles. The van der Waals surface area contributed by atoms with Crippen LogP contribution in [0.25, 0.3) is 0 Å². The second kappa shape index (κ2) is 7.00. The van der Waals surface area contributed by atoms with Crippen molar-refractivity contribution >= 4 is 5.91 Å². The number of nitrogens with zero attached hydrogens (tertiary/aromatic N) is 2. The third-order valence-electron chi connectivity index (χ3n) is 4.80. The zero-order valence-corrected chi connectivity index (χ0v) is 15.1. The first-order chi connectivity index (χ1) is 11.8. The van der Waals surface area contributed by atoms with Gasteiger partial charge in [0.1, 0.15) is 23.5 Å². The Labute approximate surface area is 146 Å². The van der Waals surface area contributed by atoms with E-state index >= 15 is 0 Å². The van der Waals surface area contributed by atoms with E-state index in [1.165, 1.54) is 0 Å². The standard InChI is InChI=1S/C18H24FN3O3/c1-10-5-16(12(3)24-10)18(23)20-7-15-6-14(19)8-22(15)9-17-11(2)21-25-13(17)4/h5,14-15H,6-9H2,1-4H3,(H,20,23)/t14-,15-/m0/s1. The van der Waals surface area contributed by atoms with Crippen molar-refractivity contribution in [3.63, 3.8) is 0 Å². The first-order valence-corrected chi connectivity index (χ1v) is 8.50. The van der Waals surface area contributed by atoms with E-state index in [1.54, 1.807) is 19.9 Å². The number of carbonyl (C=O) groups excluding carboxylic acids is 1. The van der Waals surface area contributed by atoms with Gasteiger partial charge in [0, 0.05) is 31.2 Å². The number of nitrogens with one attached hydrogen (secondary N) is 1. The van der Waals surface area contributed by atoms with E-state index < -0.39 is 6.17 Å². The van der Waals surface area contributed by atoms with Crippen LogP contribution in [0, 0.1) is 27.7 Å². The van der Waals surface area contributed by atoms with Gasteiger partial charge in [0.05, 0.1) is 11.3 Å². The number of likely N-dealkylation sites (tertiary alicyclic amines) is 1. The Morgan fingerprint density at radius 3 is 2.72 bits per heavy atom. The summed E-state index contributed by atoms with van der Waals surface area (Å²) < 4.78 is 24.5. The van der Waals surface area contributed by atoms with Gasteiger partial charge >= 0.3 is 0 Å². The van der Waals surface area contributed by atoms with Gasteiger partial charge in [0.2, 0.25) is 0 Å². The quantitative estimate of drug-likeness (QED) is 0.899. The molecule has 0 radical (unpaired) electrons. The summed E-state index contributed by atoms with van der Waals surface area (Å²) in [5.74, 6) is 1.87. The van der Waals surface area contributed by atoms with E-state index in [-0.39, 0.29) is 11.9 Å². The summed E-state index contributed by atoms with van der Waals surface area (Å²) in [5, 5.41) is 6.86. The van der Waals surface area contributed by atoms with E-state index in [2.05, 4.69) is 10.5 Å². The monoisotopic (exact) mass is 349 g/mol. The first-order valence-electron chi connectivity index (χ1n) is 8.50. The maximum absolute atomic E-state index is 14.0. The average Bonchev–Trinajstić information content (AvgIpc) is 3.18. The Morgan fingerprint density at radius 1 is 1.36 bits per heavy atom. The van der Waals surface area contributed by atoms with E-state index in [0.29, 0.717) is 43.1 Å². The fraction of sp³-hybridized carbons (Fsp3) is 0.556. The van der Waals surface area contributed by atoms with Crippen molar-refractivity contribution in [2.75, 3.05) is 13.1 Å². The van der Waals surface area contributed by atoms with Crippen LogP contribution in [0.1, 0.15) is 45.3 Å². The molecule has 1 saturated heterocycles. The Bertz CT molecular complexity index is 748. The van der Waals surface area contributed by atoms with Gasteiger partial charge in [0.25, 0.3) is 5.91 Å². The van der Waals surface area contributed by atoms with E-state index in [4.69, 9.17) is 8.94 Å². The highest BCUT2D eigenvalue weighted by Gasteiger charge is 2.33. The van der Waals surface area contributed by atoms with Crippen LogP contribution in [-0.4, -0.2) is 41.3 Å². The Morgan fingerprint density at radius 2 is 2.12 bits per heavy atom. The zero-order chi connectivity index (χ0) is 18.1. The van der Waals surface area contributed by atoms with Gasteiger partial charge in [-0.05, 0) is 40.2 Å². The molecular weight excluding hydrogens is 325 g/mol. The predicted molar refractivity (Wildman–Crippen MR) is 90.2 cm³/mol. The summed E-state index contributed by atoms with van der Waals surface area (Å²) in [4.78, 5) is 14.4. The minimum atomic E-state index is -0.889. The zero-order valence-electron chi connectivity index (χ0n) is 15.1. The maximum atomic E-state index is 14.0. The van der Waals surface area contributed by atoms with Crippen LogP contribution < -0.4 is 5.32 Å². The topological polar surface area (TPSA) is 71.5 Å². The SMILES string of the molecule is Cc1cc(C(=O)NC[C@@H]2C[C@H](F)CN2Cc2c(C)noc2C)c(C)o1. The van der Waals surface area contributed by atoms with Gasteiger partial charge in [0.15, 0.2) is 0 Å². The van der Waals surface area contributed by atoms with Crippen LogP contribution in [0.15, 0.2) is 15.0 Å². The van der Waals surface area contributed by atoms with Crippen molar-refractivity contribution in [2.45, 2.75) is 52.9 Å². The van der Waals surface area contributed by atoms with Crippen LogP contribution >= 0.6 is 0 Å². The Hall–Kier alpha value is -2.15.